The van der Waals surface area contributed by atoms with Crippen LogP contribution in [0.25, 0.3) is 0 Å². The van der Waals surface area contributed by atoms with Crippen molar-refractivity contribution in [3.63, 3.8) is 0 Å². The maximum Gasteiger partial charge on any atom is 0.238 e. The number of benzene rings is 1. The highest BCUT2D eigenvalue weighted by atomic mass is 16.2. The van der Waals surface area contributed by atoms with Crippen molar-refractivity contribution in [1.29, 1.82) is 0 Å². The van der Waals surface area contributed by atoms with E-state index in [1.165, 1.54) is 6.92 Å². The first-order chi connectivity index (χ1) is 9.47. The van der Waals surface area contributed by atoms with Crippen molar-refractivity contribution < 1.29 is 9.59 Å². The molecule has 0 saturated carbocycles. The largest absolute Gasteiger partial charge is 0.325 e. The summed E-state index contributed by atoms with van der Waals surface area (Å²) >= 11 is 0. The number of amides is 2. The number of carbonyl (C=O) groups is 2. The van der Waals surface area contributed by atoms with E-state index in [0.29, 0.717) is 6.54 Å². The highest BCUT2D eigenvalue weighted by Gasteiger charge is 2.08. The van der Waals surface area contributed by atoms with Crippen LogP contribution in [0.3, 0.4) is 0 Å². The first kappa shape index (κ1) is 16.2. The maximum atomic E-state index is 11.9. The molecular formula is C15H23N3O2. The topological polar surface area (TPSA) is 52.7 Å². The quantitative estimate of drug-likeness (QED) is 0.864. The molecule has 0 heterocycles. The number of hydrogen-bond acceptors (Lipinski definition) is 3. The summed E-state index contributed by atoms with van der Waals surface area (Å²) in [4.78, 5) is 26.7. The normalized spacial score (nSPS) is 10.4. The molecule has 1 aromatic rings. The number of nitrogens with one attached hydrogen (secondary N) is 1. The lowest BCUT2D eigenvalue weighted by atomic mass is 10.2. The Bertz CT molecular complexity index is 453. The number of rotatable bonds is 6. The zero-order valence-corrected chi connectivity index (χ0v) is 12.6. The fourth-order valence-electron chi connectivity index (χ4n) is 1.80. The summed E-state index contributed by atoms with van der Waals surface area (Å²) in [6.45, 7) is 7.67. The SMILES string of the molecule is CCN(CC)CC(=O)Nc1ccc(N(C)C(C)=O)cc1. The van der Waals surface area contributed by atoms with E-state index in [1.807, 2.05) is 30.9 Å². The van der Waals surface area contributed by atoms with Crippen LogP contribution in [-0.4, -0.2) is 43.4 Å². The zero-order chi connectivity index (χ0) is 15.1. The summed E-state index contributed by atoms with van der Waals surface area (Å²) in [7, 11) is 1.72. The number of hydrogen-bond donors (Lipinski definition) is 1. The van der Waals surface area contributed by atoms with Crippen molar-refractivity contribution in [1.82, 2.24) is 4.90 Å². The lowest BCUT2D eigenvalue weighted by molar-refractivity contribution is -0.117. The van der Waals surface area contributed by atoms with Crippen molar-refractivity contribution in [2.45, 2.75) is 20.8 Å². The van der Waals surface area contributed by atoms with E-state index in [2.05, 4.69) is 5.32 Å². The van der Waals surface area contributed by atoms with Gasteiger partial charge in [-0.2, -0.15) is 0 Å². The van der Waals surface area contributed by atoms with Gasteiger partial charge in [0.25, 0.3) is 0 Å². The minimum absolute atomic E-state index is 0.0247. The van der Waals surface area contributed by atoms with E-state index in [-0.39, 0.29) is 11.8 Å². The van der Waals surface area contributed by atoms with Crippen LogP contribution in [0.15, 0.2) is 24.3 Å². The van der Waals surface area contributed by atoms with Gasteiger partial charge in [0.05, 0.1) is 6.54 Å². The van der Waals surface area contributed by atoms with E-state index >= 15 is 0 Å². The lowest BCUT2D eigenvalue weighted by Gasteiger charge is -2.18. The average molecular weight is 277 g/mol. The summed E-state index contributed by atoms with van der Waals surface area (Å²) in [5.41, 5.74) is 1.54. The maximum absolute atomic E-state index is 11.9. The third kappa shape index (κ3) is 4.66. The highest BCUT2D eigenvalue weighted by molar-refractivity contribution is 5.93. The molecule has 5 heteroatoms. The number of anilines is 2. The van der Waals surface area contributed by atoms with E-state index < -0.39 is 0 Å². The second kappa shape index (κ2) is 7.65. The first-order valence-corrected chi connectivity index (χ1v) is 6.84. The molecule has 0 atom stereocenters. The predicted molar refractivity (Wildman–Crippen MR) is 81.9 cm³/mol. The van der Waals surface area contributed by atoms with Crippen LogP contribution in [0.5, 0.6) is 0 Å². The van der Waals surface area contributed by atoms with Gasteiger partial charge in [-0.15, -0.1) is 0 Å². The minimum Gasteiger partial charge on any atom is -0.325 e. The van der Waals surface area contributed by atoms with Gasteiger partial charge in [0, 0.05) is 25.3 Å². The van der Waals surface area contributed by atoms with Crippen molar-refractivity contribution in [3.8, 4) is 0 Å². The van der Waals surface area contributed by atoms with Gasteiger partial charge in [-0.3, -0.25) is 14.5 Å². The van der Waals surface area contributed by atoms with Gasteiger partial charge in [-0.05, 0) is 37.4 Å². The minimum atomic E-state index is -0.0265. The van der Waals surface area contributed by atoms with Crippen LogP contribution in [0.2, 0.25) is 0 Å². The Balaban J connectivity index is 2.61. The molecule has 20 heavy (non-hydrogen) atoms. The Morgan fingerprint density at radius 3 is 2.10 bits per heavy atom. The van der Waals surface area contributed by atoms with Gasteiger partial charge in [-0.1, -0.05) is 13.8 Å². The summed E-state index contributed by atoms with van der Waals surface area (Å²) < 4.78 is 0. The third-order valence-corrected chi connectivity index (χ3v) is 3.27. The van der Waals surface area contributed by atoms with Crippen molar-refractivity contribution in [3.05, 3.63) is 24.3 Å². The summed E-state index contributed by atoms with van der Waals surface area (Å²) in [5, 5.41) is 2.85. The monoisotopic (exact) mass is 277 g/mol. The summed E-state index contributed by atoms with van der Waals surface area (Å²) in [6.07, 6.45) is 0. The van der Waals surface area contributed by atoms with Gasteiger partial charge >= 0.3 is 0 Å². The molecule has 110 valence electrons. The van der Waals surface area contributed by atoms with E-state index in [1.54, 1.807) is 24.1 Å². The Labute approximate surface area is 120 Å². The molecule has 0 fully saturated rings. The molecule has 0 aromatic heterocycles. The molecule has 0 bridgehead atoms. The smallest absolute Gasteiger partial charge is 0.238 e. The molecule has 1 N–H and O–H groups in total. The van der Waals surface area contributed by atoms with Crippen LogP contribution in [-0.2, 0) is 9.59 Å². The molecule has 5 nitrogen and oxygen atoms in total. The van der Waals surface area contributed by atoms with Crippen molar-refractivity contribution in [2.75, 3.05) is 36.9 Å². The Morgan fingerprint density at radius 1 is 1.10 bits per heavy atom. The lowest BCUT2D eigenvalue weighted by Crippen LogP contribution is -2.32. The second-order valence-electron chi connectivity index (χ2n) is 4.63. The van der Waals surface area contributed by atoms with Crippen molar-refractivity contribution >= 4 is 23.2 Å². The fourth-order valence-corrected chi connectivity index (χ4v) is 1.80. The van der Waals surface area contributed by atoms with Crippen LogP contribution in [0.1, 0.15) is 20.8 Å². The first-order valence-electron chi connectivity index (χ1n) is 6.84. The van der Waals surface area contributed by atoms with Gasteiger partial charge in [-0.25, -0.2) is 0 Å². The zero-order valence-electron chi connectivity index (χ0n) is 12.6. The standard InChI is InChI=1S/C15H23N3O2/c1-5-18(6-2)11-15(20)16-13-7-9-14(10-8-13)17(4)12(3)19/h7-10H,5-6,11H2,1-4H3,(H,16,20). The Morgan fingerprint density at radius 2 is 1.65 bits per heavy atom. The van der Waals surface area contributed by atoms with E-state index in [4.69, 9.17) is 0 Å². The molecule has 2 amide bonds. The van der Waals surface area contributed by atoms with Gasteiger partial charge < -0.3 is 10.2 Å². The second-order valence-corrected chi connectivity index (χ2v) is 4.63. The van der Waals surface area contributed by atoms with Crippen molar-refractivity contribution in [2.24, 2.45) is 0 Å². The molecule has 0 aliphatic rings. The van der Waals surface area contributed by atoms with E-state index in [0.717, 1.165) is 24.5 Å². The summed E-state index contributed by atoms with van der Waals surface area (Å²) in [6, 6.07) is 7.23. The fraction of sp³-hybridized carbons (Fsp3) is 0.467. The molecule has 0 unspecified atom stereocenters. The molecule has 1 aromatic carbocycles. The number of carbonyl (C=O) groups excluding carboxylic acids is 2. The summed E-state index contributed by atoms with van der Waals surface area (Å²) in [5.74, 6) is -0.0512. The Hall–Kier alpha value is -1.88. The van der Waals surface area contributed by atoms with Crippen LogP contribution in [0, 0.1) is 0 Å². The molecule has 0 spiro atoms. The molecule has 0 radical (unpaired) electrons. The Kier molecular flexibility index (Phi) is 6.18. The number of nitrogens with zero attached hydrogens (tertiary/aromatic N) is 2. The molecule has 1 rings (SSSR count). The molecular weight excluding hydrogens is 254 g/mol. The molecule has 0 aliphatic carbocycles. The van der Waals surface area contributed by atoms with Crippen LogP contribution >= 0.6 is 0 Å². The average Bonchev–Trinajstić information content (AvgIpc) is 2.44. The van der Waals surface area contributed by atoms with Crippen LogP contribution < -0.4 is 10.2 Å². The van der Waals surface area contributed by atoms with Gasteiger partial charge in [0.2, 0.25) is 11.8 Å². The molecule has 0 aliphatic heterocycles. The van der Waals surface area contributed by atoms with E-state index in [9.17, 15) is 9.59 Å². The molecule has 0 saturated heterocycles. The number of likely N-dealkylation sites (N-methyl/N-ethyl adjacent to an activating group) is 1. The third-order valence-electron chi connectivity index (χ3n) is 3.27. The predicted octanol–water partition coefficient (Wildman–Crippen LogP) is 1.95. The highest BCUT2D eigenvalue weighted by Crippen LogP contribution is 2.16. The van der Waals surface area contributed by atoms with Gasteiger partial charge in [0.15, 0.2) is 0 Å². The van der Waals surface area contributed by atoms with Crippen LogP contribution in [0.4, 0.5) is 11.4 Å². The van der Waals surface area contributed by atoms with Gasteiger partial charge in [0.1, 0.15) is 0 Å².